The van der Waals surface area contributed by atoms with Crippen molar-refractivity contribution >= 4 is 5.97 Å². The van der Waals surface area contributed by atoms with E-state index in [9.17, 15) is 4.79 Å². The summed E-state index contributed by atoms with van der Waals surface area (Å²) in [6.45, 7) is 4.20. The number of benzene rings is 1. The van der Waals surface area contributed by atoms with Gasteiger partial charge in [-0.05, 0) is 24.1 Å². The van der Waals surface area contributed by atoms with Gasteiger partial charge in [0.2, 0.25) is 0 Å². The van der Waals surface area contributed by atoms with Crippen LogP contribution < -0.4 is 0 Å². The molecule has 1 unspecified atom stereocenters. The lowest BCUT2D eigenvalue weighted by Gasteiger charge is -2.23. The van der Waals surface area contributed by atoms with Gasteiger partial charge in [-0.1, -0.05) is 37.6 Å². The molecule has 1 aromatic carbocycles. The molecule has 98 valence electrons. The first kappa shape index (κ1) is 13.1. The molecule has 2 rings (SSSR count). The van der Waals surface area contributed by atoms with E-state index in [1.54, 1.807) is 0 Å². The smallest absolute Gasteiger partial charge is 0.307 e. The monoisotopic (exact) mass is 247 g/mol. The minimum Gasteiger partial charge on any atom is -0.469 e. The van der Waals surface area contributed by atoms with Crippen LogP contribution in [0.3, 0.4) is 0 Å². The van der Waals surface area contributed by atoms with Crippen molar-refractivity contribution in [1.29, 1.82) is 0 Å². The van der Waals surface area contributed by atoms with E-state index in [0.717, 1.165) is 13.1 Å². The van der Waals surface area contributed by atoms with Crippen molar-refractivity contribution in [2.45, 2.75) is 38.8 Å². The molecule has 0 bridgehead atoms. The molecule has 0 spiro atoms. The van der Waals surface area contributed by atoms with Crippen molar-refractivity contribution in [2.75, 3.05) is 13.7 Å². The lowest BCUT2D eigenvalue weighted by molar-refractivity contribution is -0.142. The maximum atomic E-state index is 11.5. The molecule has 0 aromatic heterocycles. The van der Waals surface area contributed by atoms with E-state index in [0.29, 0.717) is 6.42 Å². The van der Waals surface area contributed by atoms with E-state index in [1.807, 2.05) is 6.07 Å². The Morgan fingerprint density at radius 3 is 2.94 bits per heavy atom. The number of unbranched alkanes of at least 4 members (excludes halogenated alkanes) is 1. The Balaban J connectivity index is 2.15. The molecule has 1 atom stereocenters. The van der Waals surface area contributed by atoms with Crippen molar-refractivity contribution in [2.24, 2.45) is 0 Å². The molecule has 0 saturated carbocycles. The largest absolute Gasteiger partial charge is 0.469 e. The predicted octanol–water partition coefficient (Wildman–Crippen LogP) is 2.91. The van der Waals surface area contributed by atoms with Crippen LogP contribution in [0.1, 0.15) is 43.4 Å². The van der Waals surface area contributed by atoms with Crippen LogP contribution in [0.4, 0.5) is 0 Å². The number of hydrogen-bond donors (Lipinski definition) is 0. The quantitative estimate of drug-likeness (QED) is 0.749. The number of fused-ring (bicyclic) bond motifs is 1. The summed E-state index contributed by atoms with van der Waals surface area (Å²) in [5.41, 5.74) is 2.64. The summed E-state index contributed by atoms with van der Waals surface area (Å²) < 4.78 is 4.81. The third kappa shape index (κ3) is 2.72. The van der Waals surface area contributed by atoms with Gasteiger partial charge in [-0.2, -0.15) is 0 Å². The van der Waals surface area contributed by atoms with E-state index >= 15 is 0 Å². The van der Waals surface area contributed by atoms with Crippen molar-refractivity contribution < 1.29 is 9.53 Å². The fourth-order valence-electron chi connectivity index (χ4n) is 2.61. The van der Waals surface area contributed by atoms with Crippen LogP contribution >= 0.6 is 0 Å². The lowest BCUT2D eigenvalue weighted by Crippen LogP contribution is -2.25. The molecular formula is C15H21NO2. The van der Waals surface area contributed by atoms with Gasteiger partial charge in [0, 0.05) is 12.6 Å². The highest BCUT2D eigenvalue weighted by Gasteiger charge is 2.31. The SMILES string of the molecule is CCCCN1Cc2ccccc2C1CC(=O)OC. The molecule has 1 aliphatic rings. The number of rotatable bonds is 5. The Morgan fingerprint density at radius 1 is 1.44 bits per heavy atom. The van der Waals surface area contributed by atoms with Crippen molar-refractivity contribution in [3.8, 4) is 0 Å². The number of ether oxygens (including phenoxy) is 1. The molecule has 3 nitrogen and oxygen atoms in total. The Morgan fingerprint density at radius 2 is 2.22 bits per heavy atom. The van der Waals surface area contributed by atoms with Crippen LogP contribution in [0.25, 0.3) is 0 Å². The van der Waals surface area contributed by atoms with E-state index in [-0.39, 0.29) is 12.0 Å². The van der Waals surface area contributed by atoms with Gasteiger partial charge in [0.05, 0.1) is 13.5 Å². The van der Waals surface area contributed by atoms with E-state index < -0.39 is 0 Å². The average Bonchev–Trinajstić information content (AvgIpc) is 2.74. The van der Waals surface area contributed by atoms with E-state index in [4.69, 9.17) is 4.74 Å². The topological polar surface area (TPSA) is 29.5 Å². The minimum absolute atomic E-state index is 0.127. The highest BCUT2D eigenvalue weighted by molar-refractivity contribution is 5.70. The molecule has 1 heterocycles. The average molecular weight is 247 g/mol. The maximum absolute atomic E-state index is 11.5. The maximum Gasteiger partial charge on any atom is 0.307 e. The zero-order valence-corrected chi connectivity index (χ0v) is 11.2. The summed E-state index contributed by atoms with van der Waals surface area (Å²) in [6.07, 6.45) is 2.81. The van der Waals surface area contributed by atoms with Crippen molar-refractivity contribution in [1.82, 2.24) is 4.90 Å². The summed E-state index contributed by atoms with van der Waals surface area (Å²) >= 11 is 0. The van der Waals surface area contributed by atoms with Crippen LogP contribution in [-0.4, -0.2) is 24.5 Å². The van der Waals surface area contributed by atoms with Gasteiger partial charge >= 0.3 is 5.97 Å². The van der Waals surface area contributed by atoms with Gasteiger partial charge in [-0.3, -0.25) is 9.69 Å². The summed E-state index contributed by atoms with van der Waals surface area (Å²) in [5.74, 6) is -0.127. The number of esters is 1. The zero-order chi connectivity index (χ0) is 13.0. The summed E-state index contributed by atoms with van der Waals surface area (Å²) in [6, 6.07) is 8.60. The first-order valence-corrected chi connectivity index (χ1v) is 6.65. The number of carbonyl (C=O) groups excluding carboxylic acids is 1. The fourth-order valence-corrected chi connectivity index (χ4v) is 2.61. The highest BCUT2D eigenvalue weighted by atomic mass is 16.5. The Hall–Kier alpha value is -1.35. The molecule has 1 aliphatic heterocycles. The standard InChI is InChI=1S/C15H21NO2/c1-3-4-9-16-11-12-7-5-6-8-13(12)14(16)10-15(17)18-2/h5-8,14H,3-4,9-11H2,1-2H3. The number of nitrogens with zero attached hydrogens (tertiary/aromatic N) is 1. The molecule has 0 radical (unpaired) electrons. The second-order valence-corrected chi connectivity index (χ2v) is 4.82. The molecule has 0 fully saturated rings. The van der Waals surface area contributed by atoms with E-state index in [1.165, 1.54) is 31.1 Å². The zero-order valence-electron chi connectivity index (χ0n) is 11.2. The molecule has 1 aromatic rings. The van der Waals surface area contributed by atoms with Crippen LogP contribution in [0.2, 0.25) is 0 Å². The summed E-state index contributed by atoms with van der Waals surface area (Å²) in [4.78, 5) is 13.9. The molecule has 0 aliphatic carbocycles. The van der Waals surface area contributed by atoms with Crippen LogP contribution in [-0.2, 0) is 16.1 Å². The van der Waals surface area contributed by atoms with Crippen molar-refractivity contribution in [3.05, 3.63) is 35.4 Å². The Kier molecular flexibility index (Phi) is 4.37. The van der Waals surface area contributed by atoms with Gasteiger partial charge in [0.1, 0.15) is 0 Å². The van der Waals surface area contributed by atoms with Gasteiger partial charge in [-0.25, -0.2) is 0 Å². The second-order valence-electron chi connectivity index (χ2n) is 4.82. The van der Waals surface area contributed by atoms with Crippen LogP contribution in [0, 0.1) is 0 Å². The Labute approximate surface area is 109 Å². The van der Waals surface area contributed by atoms with E-state index in [2.05, 4.69) is 30.0 Å². The number of methoxy groups -OCH3 is 1. The third-order valence-electron chi connectivity index (χ3n) is 3.61. The molecule has 0 saturated heterocycles. The second kappa shape index (κ2) is 6.01. The lowest BCUT2D eigenvalue weighted by atomic mass is 10.0. The highest BCUT2D eigenvalue weighted by Crippen LogP contribution is 2.36. The van der Waals surface area contributed by atoms with Crippen LogP contribution in [0.5, 0.6) is 0 Å². The normalized spacial score (nSPS) is 18.7. The molecule has 0 N–H and O–H groups in total. The van der Waals surface area contributed by atoms with Gasteiger partial charge in [0.25, 0.3) is 0 Å². The van der Waals surface area contributed by atoms with Gasteiger partial charge in [-0.15, -0.1) is 0 Å². The minimum atomic E-state index is -0.127. The first-order valence-electron chi connectivity index (χ1n) is 6.65. The predicted molar refractivity (Wildman–Crippen MR) is 71.1 cm³/mol. The molecular weight excluding hydrogens is 226 g/mol. The summed E-state index contributed by atoms with van der Waals surface area (Å²) in [7, 11) is 1.46. The van der Waals surface area contributed by atoms with Gasteiger partial charge < -0.3 is 4.74 Å². The first-order chi connectivity index (χ1) is 8.76. The fraction of sp³-hybridized carbons (Fsp3) is 0.533. The van der Waals surface area contributed by atoms with Crippen molar-refractivity contribution in [3.63, 3.8) is 0 Å². The Bertz CT molecular complexity index is 417. The molecule has 0 amide bonds. The van der Waals surface area contributed by atoms with Gasteiger partial charge in [0.15, 0.2) is 0 Å². The molecule has 3 heteroatoms. The third-order valence-corrected chi connectivity index (χ3v) is 3.61. The summed E-state index contributed by atoms with van der Waals surface area (Å²) in [5, 5.41) is 0. The number of carbonyl (C=O) groups is 1. The molecule has 18 heavy (non-hydrogen) atoms. The number of hydrogen-bond acceptors (Lipinski definition) is 3. The van der Waals surface area contributed by atoms with Crippen LogP contribution in [0.15, 0.2) is 24.3 Å².